The van der Waals surface area contributed by atoms with Gasteiger partial charge in [-0.15, -0.1) is 24.8 Å². The van der Waals surface area contributed by atoms with Crippen molar-refractivity contribution in [1.29, 1.82) is 0 Å². The summed E-state index contributed by atoms with van der Waals surface area (Å²) in [6.45, 7) is 13.7. The van der Waals surface area contributed by atoms with Crippen molar-refractivity contribution in [3.05, 3.63) is 53.1 Å². The molecule has 0 saturated carbocycles. The van der Waals surface area contributed by atoms with Crippen molar-refractivity contribution in [2.75, 3.05) is 0 Å². The van der Waals surface area contributed by atoms with Crippen LogP contribution in [0.25, 0.3) is 5.57 Å². The average molecular weight is 390 g/mol. The van der Waals surface area contributed by atoms with Crippen molar-refractivity contribution in [3.63, 3.8) is 0 Å². The molecule has 1 aliphatic rings. The number of hydrogen-bond donors (Lipinski definition) is 1. The van der Waals surface area contributed by atoms with Crippen LogP contribution in [0.5, 0.6) is 0 Å². The number of rotatable bonds is 4. The summed E-state index contributed by atoms with van der Waals surface area (Å²) in [6, 6.07) is 8.95. The molecule has 1 aromatic carbocycles. The smallest absolute Gasteiger partial charge is 0.147 e. The third-order valence-corrected chi connectivity index (χ3v) is 6.51. The largest absolute Gasteiger partial charge is 0.147 e. The Morgan fingerprint density at radius 3 is 2.13 bits per heavy atom. The van der Waals surface area contributed by atoms with E-state index in [1.165, 1.54) is 22.3 Å². The molecule has 23 heavy (non-hydrogen) atoms. The normalized spacial score (nSPS) is 14.3. The van der Waals surface area contributed by atoms with Crippen molar-refractivity contribution in [2.24, 2.45) is 0 Å². The molecule has 1 nitrogen and oxygen atoms in total. The summed E-state index contributed by atoms with van der Waals surface area (Å²) in [4.78, 5) is 0. The molecule has 1 aliphatic carbocycles. The fourth-order valence-corrected chi connectivity index (χ4v) is 4.19. The standard InChI is InChI=1S/C15H17.C4H10N.2ClH.Ti/c1-11(2)14-6-4-5-7-15(14)13-9-8-12(3)10-13;1-4(2,3)5;;;/h4-8,10H,9H2,1-3H3;5H,1-3H3;2*1H;/q;-1;;;+1. The first-order valence-electron chi connectivity index (χ1n) is 7.71. The third-order valence-electron chi connectivity index (χ3n) is 3.74. The maximum atomic E-state index is 3.78. The SMILES string of the molecule is CC1=CCC(c2ccccc2[C](C)(C)[Ti][NH]C(C)(C)C)=C1.Cl.Cl. The van der Waals surface area contributed by atoms with Crippen LogP contribution in [0.1, 0.15) is 59.1 Å². The zero-order valence-corrected chi connectivity index (χ0v) is 18.2. The fraction of sp³-hybridized carbons (Fsp3) is 0.474. The summed E-state index contributed by atoms with van der Waals surface area (Å²) in [6.07, 6.45) is 5.74. The van der Waals surface area contributed by atoms with Gasteiger partial charge in [-0.05, 0) is 0 Å². The molecule has 0 unspecified atom stereocenters. The molecule has 0 amide bonds. The van der Waals surface area contributed by atoms with Gasteiger partial charge in [0, 0.05) is 0 Å². The molecular weight excluding hydrogens is 361 g/mol. The molecule has 0 spiro atoms. The Morgan fingerprint density at radius 1 is 1.00 bits per heavy atom. The van der Waals surface area contributed by atoms with E-state index in [0.717, 1.165) is 6.42 Å². The van der Waals surface area contributed by atoms with Gasteiger partial charge < -0.3 is 0 Å². The Labute approximate surface area is 163 Å². The van der Waals surface area contributed by atoms with Crippen LogP contribution in [0.2, 0.25) is 0 Å². The van der Waals surface area contributed by atoms with Crippen LogP contribution in [0.15, 0.2) is 42.0 Å². The number of hydrogen-bond acceptors (Lipinski definition) is 1. The molecule has 4 heteroatoms. The van der Waals surface area contributed by atoms with Gasteiger partial charge >= 0.3 is 139 Å². The second kappa shape index (κ2) is 8.88. The van der Waals surface area contributed by atoms with Gasteiger partial charge in [0.15, 0.2) is 0 Å². The Morgan fingerprint density at radius 2 is 1.61 bits per heavy atom. The molecule has 1 aromatic rings. The van der Waals surface area contributed by atoms with E-state index in [2.05, 4.69) is 81.8 Å². The van der Waals surface area contributed by atoms with Crippen LogP contribution in [-0.2, 0) is 23.1 Å². The van der Waals surface area contributed by atoms with E-state index in [1.807, 2.05) is 0 Å². The number of nitrogens with one attached hydrogen (secondary N) is 1. The van der Waals surface area contributed by atoms with Gasteiger partial charge in [-0.2, -0.15) is 0 Å². The Balaban J connectivity index is 0.00000242. The Hall–Kier alpha value is -0.0457. The number of allylic oxidation sites excluding steroid dienone is 4. The second-order valence-corrected chi connectivity index (χ2v) is 10.2. The van der Waals surface area contributed by atoms with Gasteiger partial charge in [-0.25, -0.2) is 0 Å². The predicted octanol–water partition coefficient (Wildman–Crippen LogP) is 5.88. The molecule has 2 rings (SSSR count). The summed E-state index contributed by atoms with van der Waals surface area (Å²) < 4.78 is 4.02. The van der Waals surface area contributed by atoms with Crippen LogP contribution < -0.4 is 3.80 Å². The van der Waals surface area contributed by atoms with E-state index in [9.17, 15) is 0 Å². The van der Waals surface area contributed by atoms with Crippen molar-refractivity contribution in [3.8, 4) is 0 Å². The summed E-state index contributed by atoms with van der Waals surface area (Å²) in [5.74, 6) is 0. The van der Waals surface area contributed by atoms with Crippen LogP contribution in [0, 0.1) is 0 Å². The maximum Gasteiger partial charge on any atom is -0.147 e. The molecule has 1 N–H and O–H groups in total. The molecule has 0 atom stereocenters. The molecule has 0 heterocycles. The summed E-state index contributed by atoms with van der Waals surface area (Å²) in [5, 5.41) is 0. The van der Waals surface area contributed by atoms with Crippen molar-refractivity contribution in [2.45, 2.75) is 57.2 Å². The quantitative estimate of drug-likeness (QED) is 0.633. The molecule has 0 saturated heterocycles. The maximum absolute atomic E-state index is 3.78. The van der Waals surface area contributed by atoms with E-state index in [0.29, 0.717) is 0 Å². The van der Waals surface area contributed by atoms with E-state index < -0.39 is 0 Å². The minimum Gasteiger partial charge on any atom is -0.147 e. The third kappa shape index (κ3) is 6.40. The van der Waals surface area contributed by atoms with Crippen LogP contribution in [-0.4, -0.2) is 5.54 Å². The topological polar surface area (TPSA) is 12.0 Å². The molecule has 0 radical (unpaired) electrons. The summed E-state index contributed by atoms with van der Waals surface area (Å²) >= 11 is -0.279. The van der Waals surface area contributed by atoms with E-state index >= 15 is 0 Å². The summed E-state index contributed by atoms with van der Waals surface area (Å²) in [5.41, 5.74) is 6.00. The van der Waals surface area contributed by atoms with E-state index in [-0.39, 0.29) is 53.5 Å². The minimum absolute atomic E-state index is 0. The van der Waals surface area contributed by atoms with Crippen molar-refractivity contribution >= 4 is 30.4 Å². The first-order chi connectivity index (χ1) is 9.69. The minimum atomic E-state index is -0.279. The monoisotopic (exact) mass is 389 g/mol. The van der Waals surface area contributed by atoms with Crippen LogP contribution >= 0.6 is 24.8 Å². The second-order valence-electron chi connectivity index (χ2n) is 7.49. The van der Waals surface area contributed by atoms with Gasteiger partial charge in [-0.3, -0.25) is 0 Å². The number of benzene rings is 1. The first kappa shape index (κ1) is 23.0. The van der Waals surface area contributed by atoms with Gasteiger partial charge in [0.05, 0.1) is 0 Å². The molecule has 0 aromatic heterocycles. The predicted molar refractivity (Wildman–Crippen MR) is 103 cm³/mol. The van der Waals surface area contributed by atoms with Gasteiger partial charge in [0.2, 0.25) is 0 Å². The average Bonchev–Trinajstić information content (AvgIpc) is 2.82. The molecule has 0 aliphatic heterocycles. The van der Waals surface area contributed by atoms with Crippen molar-refractivity contribution < 1.29 is 19.4 Å². The molecule has 128 valence electrons. The molecule has 0 fully saturated rings. The van der Waals surface area contributed by atoms with Gasteiger partial charge in [0.1, 0.15) is 0 Å². The fourth-order valence-electron chi connectivity index (χ4n) is 2.57. The van der Waals surface area contributed by atoms with Crippen LogP contribution in [0.4, 0.5) is 0 Å². The van der Waals surface area contributed by atoms with Gasteiger partial charge in [-0.1, -0.05) is 0 Å². The molecular formula is C19H29Cl2NTi. The Bertz CT molecular complexity index is 583. The Kier molecular flexibility index (Phi) is 8.86. The van der Waals surface area contributed by atoms with E-state index in [1.54, 1.807) is 0 Å². The summed E-state index contributed by atoms with van der Waals surface area (Å²) in [7, 11) is 0. The van der Waals surface area contributed by atoms with Crippen LogP contribution in [0.3, 0.4) is 0 Å². The first-order valence-corrected chi connectivity index (χ1v) is 9.27. The zero-order valence-electron chi connectivity index (χ0n) is 15.0. The van der Waals surface area contributed by atoms with Crippen molar-refractivity contribution in [1.82, 2.24) is 3.80 Å². The zero-order chi connectivity index (χ0) is 15.7. The molecule has 0 bridgehead atoms. The number of halogens is 2. The van der Waals surface area contributed by atoms with Gasteiger partial charge in [0.25, 0.3) is 0 Å². The van der Waals surface area contributed by atoms with E-state index in [4.69, 9.17) is 0 Å².